The molecule has 0 unspecified atom stereocenters. The zero-order chi connectivity index (χ0) is 13.0. The molecule has 0 radical (unpaired) electrons. The van der Waals surface area contributed by atoms with Crippen molar-refractivity contribution in [2.45, 2.75) is 26.8 Å². The van der Waals surface area contributed by atoms with Crippen molar-refractivity contribution in [1.29, 1.82) is 0 Å². The van der Waals surface area contributed by atoms with Gasteiger partial charge in [0, 0.05) is 24.2 Å². The molecule has 0 saturated heterocycles. The number of nitrogens with one attached hydrogen (secondary N) is 2. The van der Waals surface area contributed by atoms with Crippen LogP contribution in [0.3, 0.4) is 0 Å². The summed E-state index contributed by atoms with van der Waals surface area (Å²) in [6.07, 6.45) is 0.915. The highest BCUT2D eigenvalue weighted by Crippen LogP contribution is 2.15. The summed E-state index contributed by atoms with van der Waals surface area (Å²) >= 11 is 1.60. The zero-order valence-corrected chi connectivity index (χ0v) is 11.6. The van der Waals surface area contributed by atoms with E-state index in [1.165, 1.54) is 0 Å². The van der Waals surface area contributed by atoms with Gasteiger partial charge in [-0.05, 0) is 13.3 Å². The number of hydrogen-bond donors (Lipinski definition) is 2. The van der Waals surface area contributed by atoms with Crippen molar-refractivity contribution < 1.29 is 0 Å². The van der Waals surface area contributed by atoms with E-state index in [1.807, 2.05) is 25.4 Å². The lowest BCUT2D eigenvalue weighted by molar-refractivity contribution is 0.937. The van der Waals surface area contributed by atoms with E-state index in [9.17, 15) is 0 Å². The normalized spacial score (nSPS) is 10.4. The highest BCUT2D eigenvalue weighted by molar-refractivity contribution is 7.13. The Balaban J connectivity index is 2.03. The number of anilines is 2. The number of rotatable bonds is 5. The zero-order valence-electron chi connectivity index (χ0n) is 10.8. The summed E-state index contributed by atoms with van der Waals surface area (Å²) in [6.45, 7) is 4.68. The second-order valence-corrected chi connectivity index (χ2v) is 4.75. The fourth-order valence-electron chi connectivity index (χ4n) is 1.59. The van der Waals surface area contributed by atoms with E-state index in [4.69, 9.17) is 0 Å². The van der Waals surface area contributed by atoms with E-state index in [2.05, 4.69) is 32.5 Å². The molecule has 0 saturated carbocycles. The van der Waals surface area contributed by atoms with Crippen molar-refractivity contribution in [3.8, 4) is 0 Å². The average Bonchev–Trinajstić information content (AvgIpc) is 2.83. The summed E-state index contributed by atoms with van der Waals surface area (Å²) in [5.41, 5.74) is 2.07. The van der Waals surface area contributed by atoms with Crippen molar-refractivity contribution in [1.82, 2.24) is 15.0 Å². The third-order valence-corrected chi connectivity index (χ3v) is 3.38. The highest BCUT2D eigenvalue weighted by atomic mass is 32.1. The number of aromatic nitrogens is 3. The van der Waals surface area contributed by atoms with Crippen LogP contribution < -0.4 is 10.6 Å². The van der Waals surface area contributed by atoms with E-state index in [-0.39, 0.29) is 0 Å². The van der Waals surface area contributed by atoms with Crippen LogP contribution in [-0.4, -0.2) is 22.0 Å². The lowest BCUT2D eigenvalue weighted by Crippen LogP contribution is -2.05. The van der Waals surface area contributed by atoms with Crippen molar-refractivity contribution in [3.05, 3.63) is 28.7 Å². The minimum Gasteiger partial charge on any atom is -0.365 e. The summed E-state index contributed by atoms with van der Waals surface area (Å²) in [5.74, 6) is 1.66. The average molecular weight is 263 g/mol. The van der Waals surface area contributed by atoms with Gasteiger partial charge in [0.1, 0.15) is 11.6 Å². The summed E-state index contributed by atoms with van der Waals surface area (Å²) in [6, 6.07) is 1.98. The smallest absolute Gasteiger partial charge is 0.182 e. The maximum absolute atomic E-state index is 4.41. The molecule has 18 heavy (non-hydrogen) atoms. The Bertz CT molecular complexity index is 523. The van der Waals surface area contributed by atoms with Gasteiger partial charge in [-0.25, -0.2) is 15.0 Å². The molecular weight excluding hydrogens is 246 g/mol. The summed E-state index contributed by atoms with van der Waals surface area (Å²) in [5, 5.41) is 9.27. The van der Waals surface area contributed by atoms with Crippen molar-refractivity contribution >= 4 is 22.3 Å². The van der Waals surface area contributed by atoms with Gasteiger partial charge in [0.25, 0.3) is 0 Å². The largest absolute Gasteiger partial charge is 0.365 e. The van der Waals surface area contributed by atoms with E-state index in [0.29, 0.717) is 6.54 Å². The van der Waals surface area contributed by atoms with Gasteiger partial charge in [0.2, 0.25) is 0 Å². The Morgan fingerprint density at radius 2 is 2.06 bits per heavy atom. The molecule has 0 bridgehead atoms. The molecule has 0 aliphatic heterocycles. The molecule has 96 valence electrons. The summed E-state index contributed by atoms with van der Waals surface area (Å²) in [4.78, 5) is 13.1. The molecule has 5 nitrogen and oxygen atoms in total. The molecule has 0 fully saturated rings. The SMILES string of the molecule is CCc1cc(NCc2csc(NC)n2)nc(C)n1. The fourth-order valence-corrected chi connectivity index (χ4v) is 2.26. The predicted molar refractivity (Wildman–Crippen MR) is 75.1 cm³/mol. The number of nitrogens with zero attached hydrogens (tertiary/aromatic N) is 3. The van der Waals surface area contributed by atoms with Crippen LogP contribution in [0.25, 0.3) is 0 Å². The molecule has 2 heterocycles. The molecule has 2 N–H and O–H groups in total. The third kappa shape index (κ3) is 3.16. The first-order chi connectivity index (χ1) is 8.71. The Labute approximate surface area is 111 Å². The number of aryl methyl sites for hydroxylation is 2. The quantitative estimate of drug-likeness (QED) is 0.867. The van der Waals surface area contributed by atoms with Crippen molar-refractivity contribution in [3.63, 3.8) is 0 Å². The number of hydrogen-bond acceptors (Lipinski definition) is 6. The fraction of sp³-hybridized carbons (Fsp3) is 0.417. The van der Waals surface area contributed by atoms with Gasteiger partial charge in [-0.2, -0.15) is 0 Å². The molecule has 0 aliphatic rings. The lowest BCUT2D eigenvalue weighted by Gasteiger charge is -2.06. The molecule has 0 aliphatic carbocycles. The van der Waals surface area contributed by atoms with Gasteiger partial charge in [-0.1, -0.05) is 6.92 Å². The Morgan fingerprint density at radius 3 is 2.72 bits per heavy atom. The second kappa shape index (κ2) is 5.77. The van der Waals surface area contributed by atoms with Gasteiger partial charge in [0.15, 0.2) is 5.13 Å². The van der Waals surface area contributed by atoms with Crippen LogP contribution in [0.2, 0.25) is 0 Å². The first-order valence-electron chi connectivity index (χ1n) is 5.92. The van der Waals surface area contributed by atoms with Crippen LogP contribution in [0, 0.1) is 6.92 Å². The molecule has 6 heteroatoms. The Hall–Kier alpha value is -1.69. The molecule has 0 atom stereocenters. The van der Waals surface area contributed by atoms with E-state index >= 15 is 0 Å². The van der Waals surface area contributed by atoms with E-state index < -0.39 is 0 Å². The van der Waals surface area contributed by atoms with Gasteiger partial charge < -0.3 is 10.6 Å². The van der Waals surface area contributed by atoms with Crippen molar-refractivity contribution in [2.75, 3.05) is 17.7 Å². The Morgan fingerprint density at radius 1 is 1.22 bits per heavy atom. The van der Waals surface area contributed by atoms with Gasteiger partial charge in [-0.15, -0.1) is 11.3 Å². The van der Waals surface area contributed by atoms with Gasteiger partial charge in [-0.3, -0.25) is 0 Å². The van der Waals surface area contributed by atoms with Crippen LogP contribution in [0.5, 0.6) is 0 Å². The maximum Gasteiger partial charge on any atom is 0.182 e. The monoisotopic (exact) mass is 263 g/mol. The van der Waals surface area contributed by atoms with E-state index in [0.717, 1.165) is 34.6 Å². The highest BCUT2D eigenvalue weighted by Gasteiger charge is 2.03. The topological polar surface area (TPSA) is 62.7 Å². The Kier molecular flexibility index (Phi) is 4.09. The third-order valence-electron chi connectivity index (χ3n) is 2.47. The molecule has 2 rings (SSSR count). The summed E-state index contributed by atoms with van der Waals surface area (Å²) in [7, 11) is 1.87. The lowest BCUT2D eigenvalue weighted by atomic mass is 10.3. The van der Waals surface area contributed by atoms with E-state index in [1.54, 1.807) is 11.3 Å². The van der Waals surface area contributed by atoms with Gasteiger partial charge in [0.05, 0.1) is 12.2 Å². The first-order valence-corrected chi connectivity index (χ1v) is 6.79. The number of thiazole rings is 1. The molecule has 0 amide bonds. The first kappa shape index (κ1) is 12.8. The van der Waals surface area contributed by atoms with Crippen molar-refractivity contribution in [2.24, 2.45) is 0 Å². The maximum atomic E-state index is 4.41. The molecule has 2 aromatic heterocycles. The predicted octanol–water partition coefficient (Wildman–Crippen LogP) is 2.46. The molecule has 2 aromatic rings. The molecule has 0 aromatic carbocycles. The summed E-state index contributed by atoms with van der Waals surface area (Å²) < 4.78 is 0. The minimum atomic E-state index is 0.678. The molecule has 0 spiro atoms. The van der Waals surface area contributed by atoms with Crippen LogP contribution in [0.15, 0.2) is 11.4 Å². The van der Waals surface area contributed by atoms with Gasteiger partial charge >= 0.3 is 0 Å². The second-order valence-electron chi connectivity index (χ2n) is 3.89. The standard InChI is InChI=1S/C12H17N5S/c1-4-9-5-11(16-8(2)15-9)14-6-10-7-18-12(13-3)17-10/h5,7H,4,6H2,1-3H3,(H,13,17)(H,14,15,16). The van der Waals surface area contributed by atoms with Crippen LogP contribution in [0.4, 0.5) is 10.9 Å². The van der Waals surface area contributed by atoms with Crippen LogP contribution in [-0.2, 0) is 13.0 Å². The minimum absolute atomic E-state index is 0.678. The molecular formula is C12H17N5S. The van der Waals surface area contributed by atoms with Crippen LogP contribution in [0.1, 0.15) is 24.1 Å². The van der Waals surface area contributed by atoms with Crippen LogP contribution >= 0.6 is 11.3 Å².